The summed E-state index contributed by atoms with van der Waals surface area (Å²) in [6.07, 6.45) is 0. The number of rotatable bonds is 7. The zero-order valence-corrected chi connectivity index (χ0v) is 17.8. The number of halogens is 1. The second-order valence-electron chi connectivity index (χ2n) is 6.40. The Bertz CT molecular complexity index is 1130. The Kier molecular flexibility index (Phi) is 6.87. The molecule has 0 saturated heterocycles. The van der Waals surface area contributed by atoms with Gasteiger partial charge in [-0.3, -0.25) is 9.10 Å². The molecule has 3 aromatic carbocycles. The van der Waals surface area contributed by atoms with Gasteiger partial charge in [0.05, 0.1) is 16.3 Å². The fourth-order valence-electron chi connectivity index (χ4n) is 2.70. The molecule has 154 valence electrons. The number of para-hydroxylation sites is 1. The van der Waals surface area contributed by atoms with Crippen molar-refractivity contribution in [3.8, 4) is 0 Å². The fraction of sp³-hybridized carbons (Fsp3) is 0.0909. The summed E-state index contributed by atoms with van der Waals surface area (Å²) in [6.45, 7) is 1.33. The van der Waals surface area contributed by atoms with Crippen LogP contribution in [0, 0.1) is 0 Å². The molecule has 0 aromatic heterocycles. The van der Waals surface area contributed by atoms with Gasteiger partial charge in [-0.2, -0.15) is 5.10 Å². The van der Waals surface area contributed by atoms with E-state index in [-0.39, 0.29) is 4.90 Å². The highest BCUT2D eigenvalue weighted by Crippen LogP contribution is 2.24. The number of sulfonamides is 1. The van der Waals surface area contributed by atoms with E-state index in [0.717, 1.165) is 9.87 Å². The molecule has 0 saturated carbocycles. The molecular weight excluding hydrogens is 422 g/mol. The average Bonchev–Trinajstić information content (AvgIpc) is 2.77. The molecule has 0 atom stereocenters. The minimum Gasteiger partial charge on any atom is -0.271 e. The highest BCUT2D eigenvalue weighted by molar-refractivity contribution is 7.92. The third-order valence-electron chi connectivity index (χ3n) is 4.27. The summed E-state index contributed by atoms with van der Waals surface area (Å²) < 4.78 is 27.5. The van der Waals surface area contributed by atoms with Crippen LogP contribution < -0.4 is 9.73 Å². The molecule has 8 heteroatoms. The number of carbonyl (C=O) groups is 1. The van der Waals surface area contributed by atoms with Crippen LogP contribution >= 0.6 is 11.6 Å². The number of anilines is 1. The maximum absolute atomic E-state index is 13.2. The smallest absolute Gasteiger partial charge is 0.264 e. The second kappa shape index (κ2) is 9.56. The maximum Gasteiger partial charge on any atom is 0.264 e. The highest BCUT2D eigenvalue weighted by Gasteiger charge is 2.27. The minimum absolute atomic E-state index is 0.0347. The Morgan fingerprint density at radius 3 is 2.10 bits per heavy atom. The van der Waals surface area contributed by atoms with E-state index in [0.29, 0.717) is 16.4 Å². The molecule has 3 aromatic rings. The Morgan fingerprint density at radius 1 is 0.933 bits per heavy atom. The van der Waals surface area contributed by atoms with Crippen molar-refractivity contribution in [1.82, 2.24) is 5.43 Å². The summed E-state index contributed by atoms with van der Waals surface area (Å²) in [7, 11) is -3.99. The largest absolute Gasteiger partial charge is 0.271 e. The van der Waals surface area contributed by atoms with Gasteiger partial charge in [-0.05, 0) is 48.9 Å². The highest BCUT2D eigenvalue weighted by atomic mass is 35.5. The molecule has 30 heavy (non-hydrogen) atoms. The topological polar surface area (TPSA) is 78.8 Å². The third kappa shape index (κ3) is 5.25. The average molecular weight is 442 g/mol. The van der Waals surface area contributed by atoms with Gasteiger partial charge in [0.15, 0.2) is 0 Å². The van der Waals surface area contributed by atoms with Crippen LogP contribution in [0.3, 0.4) is 0 Å². The van der Waals surface area contributed by atoms with Gasteiger partial charge in [0.25, 0.3) is 15.9 Å². The molecule has 1 N–H and O–H groups in total. The van der Waals surface area contributed by atoms with Crippen molar-refractivity contribution in [2.75, 3.05) is 10.8 Å². The van der Waals surface area contributed by atoms with Crippen LogP contribution in [-0.4, -0.2) is 26.6 Å². The number of hydrazone groups is 1. The molecule has 3 rings (SSSR count). The summed E-state index contributed by atoms with van der Waals surface area (Å²) in [6, 6.07) is 23.6. The van der Waals surface area contributed by atoms with Crippen LogP contribution in [0.25, 0.3) is 0 Å². The summed E-state index contributed by atoms with van der Waals surface area (Å²) in [5, 5.41) is 4.51. The lowest BCUT2D eigenvalue weighted by molar-refractivity contribution is -0.119. The SMILES string of the molecule is C/C(=N/NC(=O)CN(c1ccccc1)S(=O)(=O)c1ccc(Cl)cc1)c1ccccc1. The molecular formula is C22H20ClN3O3S. The van der Waals surface area contributed by atoms with Gasteiger partial charge < -0.3 is 0 Å². The summed E-state index contributed by atoms with van der Waals surface area (Å²) >= 11 is 5.88. The Balaban J connectivity index is 1.85. The van der Waals surface area contributed by atoms with E-state index in [1.165, 1.54) is 24.3 Å². The number of benzene rings is 3. The molecule has 0 aliphatic carbocycles. The van der Waals surface area contributed by atoms with Gasteiger partial charge in [0.1, 0.15) is 6.54 Å². The van der Waals surface area contributed by atoms with Gasteiger partial charge in [-0.1, -0.05) is 60.1 Å². The quantitative estimate of drug-likeness (QED) is 0.443. The van der Waals surface area contributed by atoms with Gasteiger partial charge >= 0.3 is 0 Å². The number of nitrogens with one attached hydrogen (secondary N) is 1. The number of hydrogen-bond acceptors (Lipinski definition) is 4. The van der Waals surface area contributed by atoms with E-state index in [1.807, 2.05) is 30.3 Å². The third-order valence-corrected chi connectivity index (χ3v) is 6.31. The summed E-state index contributed by atoms with van der Waals surface area (Å²) in [5.74, 6) is -0.563. The van der Waals surface area contributed by atoms with Crippen LogP contribution in [0.5, 0.6) is 0 Å². The van der Waals surface area contributed by atoms with Crippen molar-refractivity contribution in [2.24, 2.45) is 5.10 Å². The Morgan fingerprint density at radius 2 is 1.50 bits per heavy atom. The van der Waals surface area contributed by atoms with Gasteiger partial charge in [-0.15, -0.1) is 0 Å². The van der Waals surface area contributed by atoms with Crippen LogP contribution in [0.2, 0.25) is 5.02 Å². The fourth-order valence-corrected chi connectivity index (χ4v) is 4.25. The summed E-state index contributed by atoms with van der Waals surface area (Å²) in [5.41, 5.74) is 4.26. The normalized spacial score (nSPS) is 11.7. The van der Waals surface area contributed by atoms with Gasteiger partial charge in [0.2, 0.25) is 0 Å². The van der Waals surface area contributed by atoms with E-state index in [1.54, 1.807) is 37.3 Å². The first-order valence-corrected chi connectivity index (χ1v) is 10.9. The van der Waals surface area contributed by atoms with E-state index < -0.39 is 22.5 Å². The van der Waals surface area contributed by atoms with E-state index in [2.05, 4.69) is 10.5 Å². The summed E-state index contributed by atoms with van der Waals surface area (Å²) in [4.78, 5) is 12.6. The second-order valence-corrected chi connectivity index (χ2v) is 8.70. The molecule has 0 fully saturated rings. The number of hydrogen-bond donors (Lipinski definition) is 1. The van der Waals surface area contributed by atoms with Gasteiger partial charge in [-0.25, -0.2) is 13.8 Å². The van der Waals surface area contributed by atoms with Crippen molar-refractivity contribution in [2.45, 2.75) is 11.8 Å². The van der Waals surface area contributed by atoms with Crippen molar-refractivity contribution in [1.29, 1.82) is 0 Å². The first-order valence-electron chi connectivity index (χ1n) is 9.10. The predicted molar refractivity (Wildman–Crippen MR) is 119 cm³/mol. The van der Waals surface area contributed by atoms with Crippen molar-refractivity contribution in [3.05, 3.63) is 95.5 Å². The Labute approximate surface area is 180 Å². The van der Waals surface area contributed by atoms with Crippen molar-refractivity contribution < 1.29 is 13.2 Å². The zero-order chi connectivity index (χ0) is 21.6. The molecule has 0 spiro atoms. The van der Waals surface area contributed by atoms with Crippen LogP contribution in [0.4, 0.5) is 5.69 Å². The van der Waals surface area contributed by atoms with Crippen molar-refractivity contribution in [3.63, 3.8) is 0 Å². The van der Waals surface area contributed by atoms with E-state index in [4.69, 9.17) is 11.6 Å². The molecule has 0 bridgehead atoms. The van der Waals surface area contributed by atoms with E-state index in [9.17, 15) is 13.2 Å². The van der Waals surface area contributed by atoms with Crippen LogP contribution in [0.15, 0.2) is 94.9 Å². The van der Waals surface area contributed by atoms with Crippen molar-refractivity contribution >= 4 is 38.9 Å². The van der Waals surface area contributed by atoms with Crippen LogP contribution in [0.1, 0.15) is 12.5 Å². The monoisotopic (exact) mass is 441 g/mol. The molecule has 0 aliphatic heterocycles. The number of amides is 1. The molecule has 0 unspecified atom stereocenters. The molecule has 0 aliphatic rings. The van der Waals surface area contributed by atoms with Crippen LogP contribution in [-0.2, 0) is 14.8 Å². The first kappa shape index (κ1) is 21.5. The molecule has 6 nitrogen and oxygen atoms in total. The Hall–Kier alpha value is -3.16. The molecule has 0 radical (unpaired) electrons. The zero-order valence-electron chi connectivity index (χ0n) is 16.2. The standard InChI is InChI=1S/C22H20ClN3O3S/c1-17(18-8-4-2-5-9-18)24-25-22(27)16-26(20-10-6-3-7-11-20)30(28,29)21-14-12-19(23)13-15-21/h2-15H,16H2,1H3,(H,25,27)/b24-17-. The lowest BCUT2D eigenvalue weighted by atomic mass is 10.1. The van der Waals surface area contributed by atoms with Gasteiger partial charge in [0, 0.05) is 5.02 Å². The lowest BCUT2D eigenvalue weighted by Gasteiger charge is -2.23. The minimum atomic E-state index is -3.99. The predicted octanol–water partition coefficient (Wildman–Crippen LogP) is 4.08. The maximum atomic E-state index is 13.2. The molecule has 1 amide bonds. The lowest BCUT2D eigenvalue weighted by Crippen LogP contribution is -2.39. The first-order chi connectivity index (χ1) is 14.4. The van der Waals surface area contributed by atoms with E-state index >= 15 is 0 Å². The number of nitrogens with zero attached hydrogens (tertiary/aromatic N) is 2. The number of carbonyl (C=O) groups excluding carboxylic acids is 1. The molecule has 0 heterocycles.